The van der Waals surface area contributed by atoms with Gasteiger partial charge in [0.1, 0.15) is 11.4 Å². The van der Waals surface area contributed by atoms with Gasteiger partial charge in [-0.25, -0.2) is 9.29 Å². The average Bonchev–Trinajstić information content (AvgIpc) is 3.07. The first-order chi connectivity index (χ1) is 13.0. The maximum atomic E-state index is 14.2. The molecule has 4 rings (SSSR count). The van der Waals surface area contributed by atoms with Crippen LogP contribution in [0.4, 0.5) is 10.1 Å². The second-order valence-electron chi connectivity index (χ2n) is 5.64. The molecule has 1 N–H and O–H groups in total. The molecule has 0 aliphatic carbocycles. The van der Waals surface area contributed by atoms with Gasteiger partial charge in [-0.05, 0) is 48.1 Å². The zero-order valence-electron chi connectivity index (χ0n) is 13.5. The smallest absolute Gasteiger partial charge is 0.270 e. The molecule has 0 aromatic heterocycles. The third kappa shape index (κ3) is 3.08. The molecule has 2 aliphatic heterocycles. The van der Waals surface area contributed by atoms with Crippen LogP contribution in [0, 0.1) is 5.82 Å². The molecule has 0 atom stereocenters. The number of thiocarbonyl (C=S) groups is 1. The summed E-state index contributed by atoms with van der Waals surface area (Å²) in [6, 6.07) is 9.00. The molecule has 2 aliphatic rings. The lowest BCUT2D eigenvalue weighted by atomic mass is 10.1. The van der Waals surface area contributed by atoms with Gasteiger partial charge in [-0.15, -0.1) is 0 Å². The third-order valence-corrected chi connectivity index (χ3v) is 4.96. The lowest BCUT2D eigenvalue weighted by Crippen LogP contribution is -2.54. The number of fused-ring (bicyclic) bond motifs is 1. The normalized spacial score (nSPS) is 17.5. The van der Waals surface area contributed by atoms with Crippen LogP contribution in [-0.4, -0.2) is 23.7 Å². The zero-order valence-corrected chi connectivity index (χ0v) is 15.9. The number of carbonyl (C=O) groups excluding carboxylic acids is 2. The molecule has 0 radical (unpaired) electrons. The van der Waals surface area contributed by atoms with E-state index in [1.165, 1.54) is 24.3 Å². The number of anilines is 1. The number of rotatable bonds is 2. The Morgan fingerprint density at radius 2 is 1.89 bits per heavy atom. The number of nitrogens with one attached hydrogen (secondary N) is 1. The van der Waals surface area contributed by atoms with Crippen molar-refractivity contribution in [3.05, 3.63) is 57.8 Å². The van der Waals surface area contributed by atoms with Gasteiger partial charge in [0, 0.05) is 4.47 Å². The fourth-order valence-corrected chi connectivity index (χ4v) is 3.42. The van der Waals surface area contributed by atoms with Gasteiger partial charge in [-0.2, -0.15) is 0 Å². The Bertz CT molecular complexity index is 1040. The molecule has 1 fully saturated rings. The van der Waals surface area contributed by atoms with Gasteiger partial charge in [0.25, 0.3) is 11.8 Å². The molecule has 2 heterocycles. The number of amides is 2. The van der Waals surface area contributed by atoms with Crippen LogP contribution in [0.2, 0.25) is 0 Å². The van der Waals surface area contributed by atoms with Gasteiger partial charge < -0.3 is 9.47 Å². The first-order valence-electron chi connectivity index (χ1n) is 7.71. The Labute approximate surface area is 166 Å². The van der Waals surface area contributed by atoms with Crippen molar-refractivity contribution in [3.8, 4) is 11.5 Å². The number of halogens is 2. The Morgan fingerprint density at radius 1 is 1.19 bits per heavy atom. The number of benzene rings is 2. The molecule has 2 aromatic carbocycles. The average molecular weight is 449 g/mol. The van der Waals surface area contributed by atoms with Crippen LogP contribution in [0.5, 0.6) is 11.5 Å². The molecule has 27 heavy (non-hydrogen) atoms. The first-order valence-corrected chi connectivity index (χ1v) is 8.91. The largest absolute Gasteiger partial charge is 0.454 e. The molecule has 0 spiro atoms. The van der Waals surface area contributed by atoms with Gasteiger partial charge >= 0.3 is 0 Å². The van der Waals surface area contributed by atoms with E-state index in [4.69, 9.17) is 21.7 Å². The zero-order chi connectivity index (χ0) is 19.1. The van der Waals surface area contributed by atoms with Crippen LogP contribution in [0.3, 0.4) is 0 Å². The van der Waals surface area contributed by atoms with Crippen molar-refractivity contribution in [1.82, 2.24) is 5.32 Å². The standard InChI is InChI=1S/C18H10BrFN2O4S/c19-11-7-15-14(25-8-26-15)6-9(11)5-10-16(23)21-18(27)22(17(10)24)13-4-2-1-3-12(13)20/h1-7H,8H2,(H,21,23,27)/b10-5-. The molecule has 9 heteroatoms. The monoisotopic (exact) mass is 448 g/mol. The fourth-order valence-electron chi connectivity index (χ4n) is 2.71. The predicted molar refractivity (Wildman–Crippen MR) is 103 cm³/mol. The fraction of sp³-hybridized carbons (Fsp3) is 0.0556. The SMILES string of the molecule is O=C1NC(=S)N(c2ccccc2F)C(=O)/C1=C\c1cc2c(cc1Br)OCO2. The quantitative estimate of drug-likeness (QED) is 0.434. The van der Waals surface area contributed by atoms with Gasteiger partial charge in [-0.3, -0.25) is 14.9 Å². The van der Waals surface area contributed by atoms with E-state index in [1.54, 1.807) is 18.2 Å². The van der Waals surface area contributed by atoms with Crippen molar-refractivity contribution >= 4 is 56.8 Å². The highest BCUT2D eigenvalue weighted by molar-refractivity contribution is 9.10. The summed E-state index contributed by atoms with van der Waals surface area (Å²) in [4.78, 5) is 26.2. The van der Waals surface area contributed by atoms with Crippen molar-refractivity contribution in [2.24, 2.45) is 0 Å². The summed E-state index contributed by atoms with van der Waals surface area (Å²) in [6.45, 7) is 0.0938. The Morgan fingerprint density at radius 3 is 2.63 bits per heavy atom. The highest BCUT2D eigenvalue weighted by Gasteiger charge is 2.35. The Hall–Kier alpha value is -2.78. The van der Waals surface area contributed by atoms with Crippen LogP contribution in [0.25, 0.3) is 6.08 Å². The summed E-state index contributed by atoms with van der Waals surface area (Å²) in [5.41, 5.74) is 0.300. The molecule has 2 amide bonds. The highest BCUT2D eigenvalue weighted by Crippen LogP contribution is 2.38. The van der Waals surface area contributed by atoms with E-state index in [2.05, 4.69) is 21.2 Å². The minimum atomic E-state index is -0.724. The molecule has 0 saturated carbocycles. The molecule has 0 bridgehead atoms. The van der Waals surface area contributed by atoms with Crippen LogP contribution in [0.15, 0.2) is 46.4 Å². The number of hydrogen-bond donors (Lipinski definition) is 1. The summed E-state index contributed by atoms with van der Waals surface area (Å²) >= 11 is 8.44. The number of carbonyl (C=O) groups is 2. The van der Waals surface area contributed by atoms with Crippen LogP contribution in [0.1, 0.15) is 5.56 Å². The summed E-state index contributed by atoms with van der Waals surface area (Å²) in [5, 5.41) is 2.24. The van der Waals surface area contributed by atoms with E-state index in [-0.39, 0.29) is 23.2 Å². The van der Waals surface area contributed by atoms with Crippen molar-refractivity contribution in [1.29, 1.82) is 0 Å². The van der Waals surface area contributed by atoms with Crippen LogP contribution >= 0.6 is 28.1 Å². The van der Waals surface area contributed by atoms with E-state index in [9.17, 15) is 14.0 Å². The molecule has 6 nitrogen and oxygen atoms in total. The second-order valence-corrected chi connectivity index (χ2v) is 6.88. The van der Waals surface area contributed by atoms with E-state index < -0.39 is 17.6 Å². The van der Waals surface area contributed by atoms with Gasteiger partial charge in [-0.1, -0.05) is 28.1 Å². The van der Waals surface area contributed by atoms with E-state index in [0.717, 1.165) is 4.90 Å². The van der Waals surface area contributed by atoms with Crippen LogP contribution < -0.4 is 19.7 Å². The topological polar surface area (TPSA) is 67.9 Å². The molecule has 2 aromatic rings. The Balaban J connectivity index is 1.77. The minimum absolute atomic E-state index is 0.0387. The summed E-state index contributed by atoms with van der Waals surface area (Å²) < 4.78 is 25.4. The molecule has 136 valence electrons. The Kier molecular flexibility index (Phi) is 4.40. The lowest BCUT2D eigenvalue weighted by Gasteiger charge is -2.29. The summed E-state index contributed by atoms with van der Waals surface area (Å²) in [5.74, 6) is -0.971. The number of para-hydroxylation sites is 1. The van der Waals surface area contributed by atoms with Gasteiger partial charge in [0.15, 0.2) is 16.6 Å². The van der Waals surface area contributed by atoms with E-state index in [1.807, 2.05) is 0 Å². The maximum Gasteiger partial charge on any atom is 0.270 e. The number of hydrogen-bond acceptors (Lipinski definition) is 5. The first kappa shape index (κ1) is 17.6. The van der Waals surface area contributed by atoms with Crippen molar-refractivity contribution in [2.45, 2.75) is 0 Å². The lowest BCUT2D eigenvalue weighted by molar-refractivity contribution is -0.122. The van der Waals surface area contributed by atoms with E-state index >= 15 is 0 Å². The number of ether oxygens (including phenoxy) is 2. The van der Waals surface area contributed by atoms with Crippen molar-refractivity contribution < 1.29 is 23.5 Å². The van der Waals surface area contributed by atoms with E-state index in [0.29, 0.717) is 21.5 Å². The second kappa shape index (κ2) is 6.75. The van der Waals surface area contributed by atoms with Crippen molar-refractivity contribution in [3.63, 3.8) is 0 Å². The molecule has 1 saturated heterocycles. The van der Waals surface area contributed by atoms with Gasteiger partial charge in [0.05, 0.1) is 5.69 Å². The summed E-state index contributed by atoms with van der Waals surface area (Å²) in [6.07, 6.45) is 1.39. The molecule has 0 unspecified atom stereocenters. The summed E-state index contributed by atoms with van der Waals surface area (Å²) in [7, 11) is 0. The molecular formula is C18H10BrFN2O4S. The minimum Gasteiger partial charge on any atom is -0.454 e. The third-order valence-electron chi connectivity index (χ3n) is 3.99. The predicted octanol–water partition coefficient (Wildman–Crippen LogP) is 3.15. The van der Waals surface area contributed by atoms with Crippen molar-refractivity contribution in [2.75, 3.05) is 11.7 Å². The highest BCUT2D eigenvalue weighted by atomic mass is 79.9. The maximum absolute atomic E-state index is 14.2. The molecular weight excluding hydrogens is 439 g/mol. The van der Waals surface area contributed by atoms with Gasteiger partial charge in [0.2, 0.25) is 6.79 Å². The van der Waals surface area contributed by atoms with Crippen LogP contribution in [-0.2, 0) is 9.59 Å². The number of nitrogens with zero attached hydrogens (tertiary/aromatic N) is 1.